The van der Waals surface area contributed by atoms with Gasteiger partial charge < -0.3 is 10.7 Å². The number of fused-ring (bicyclic) bond motifs is 1. The van der Waals surface area contributed by atoms with E-state index in [0.717, 1.165) is 39.9 Å². The molecule has 0 bridgehead atoms. The van der Waals surface area contributed by atoms with E-state index in [2.05, 4.69) is 39.0 Å². The summed E-state index contributed by atoms with van der Waals surface area (Å²) in [5.41, 5.74) is 9.10. The maximum absolute atomic E-state index is 5.88. The Morgan fingerprint density at radius 2 is 2.05 bits per heavy atom. The highest BCUT2D eigenvalue weighted by Gasteiger charge is 2.27. The fourth-order valence-corrected chi connectivity index (χ4v) is 3.11. The van der Waals surface area contributed by atoms with Gasteiger partial charge in [0, 0.05) is 12.0 Å². The largest absolute Gasteiger partial charge is 0.384 e. The molecule has 0 atom stereocenters. The maximum atomic E-state index is 5.88. The van der Waals surface area contributed by atoms with Crippen molar-refractivity contribution in [3.63, 3.8) is 0 Å². The molecular weight excluding hydrogens is 282 g/mol. The molecule has 1 aromatic carbocycles. The van der Waals surface area contributed by atoms with E-state index in [1.165, 1.54) is 17.3 Å². The second-order valence-electron chi connectivity index (χ2n) is 5.43. The number of hydrogen-bond acceptors (Lipinski definition) is 5. The molecule has 0 radical (unpaired) electrons. The van der Waals surface area contributed by atoms with Gasteiger partial charge in [-0.25, -0.2) is 15.0 Å². The number of aromatic amines is 1. The van der Waals surface area contributed by atoms with Gasteiger partial charge in [0.2, 0.25) is 0 Å². The fraction of sp³-hybridized carbons (Fsp3) is 0.267. The zero-order chi connectivity index (χ0) is 14.4. The summed E-state index contributed by atoms with van der Waals surface area (Å²) in [4.78, 5) is 16.8. The zero-order valence-electron chi connectivity index (χ0n) is 11.6. The SMILES string of the molecule is Cc1ccc2nc(Sc3cc(N)nc(C4CC4)n3)[nH]c2c1. The van der Waals surface area contributed by atoms with Crippen LogP contribution in [0.2, 0.25) is 0 Å². The fourth-order valence-electron chi connectivity index (χ4n) is 2.29. The number of hydrogen-bond donors (Lipinski definition) is 2. The van der Waals surface area contributed by atoms with Crippen molar-refractivity contribution in [2.24, 2.45) is 0 Å². The summed E-state index contributed by atoms with van der Waals surface area (Å²) in [6.45, 7) is 2.07. The van der Waals surface area contributed by atoms with E-state index in [0.29, 0.717) is 11.7 Å². The van der Waals surface area contributed by atoms with Crippen molar-refractivity contribution in [3.8, 4) is 0 Å². The standard InChI is InChI=1S/C15H15N5S/c1-8-2-5-10-11(6-8)18-15(17-10)21-13-7-12(16)19-14(20-13)9-3-4-9/h2,5-7,9H,3-4H2,1H3,(H,17,18)(H2,16,19,20). The molecule has 0 aliphatic heterocycles. The first-order chi connectivity index (χ1) is 10.2. The Morgan fingerprint density at radius 1 is 1.19 bits per heavy atom. The zero-order valence-corrected chi connectivity index (χ0v) is 12.4. The summed E-state index contributed by atoms with van der Waals surface area (Å²) in [7, 11) is 0. The van der Waals surface area contributed by atoms with Crippen LogP contribution in [0.3, 0.4) is 0 Å². The van der Waals surface area contributed by atoms with E-state index in [1.807, 2.05) is 6.07 Å². The molecule has 1 saturated carbocycles. The molecule has 1 fully saturated rings. The summed E-state index contributed by atoms with van der Waals surface area (Å²) < 4.78 is 0. The number of nitrogens with one attached hydrogen (secondary N) is 1. The van der Waals surface area contributed by atoms with Crippen molar-refractivity contribution in [3.05, 3.63) is 35.7 Å². The molecule has 0 amide bonds. The third-order valence-corrected chi connectivity index (χ3v) is 4.30. The van der Waals surface area contributed by atoms with E-state index in [4.69, 9.17) is 5.73 Å². The van der Waals surface area contributed by atoms with Gasteiger partial charge in [-0.15, -0.1) is 0 Å². The monoisotopic (exact) mass is 297 g/mol. The highest BCUT2D eigenvalue weighted by atomic mass is 32.2. The molecule has 0 saturated heterocycles. The number of nitrogen functional groups attached to an aromatic ring is 1. The minimum Gasteiger partial charge on any atom is -0.384 e. The first-order valence-corrected chi connectivity index (χ1v) is 7.78. The minimum absolute atomic E-state index is 0.492. The predicted octanol–water partition coefficient (Wildman–Crippen LogP) is 3.27. The smallest absolute Gasteiger partial charge is 0.172 e. The number of imidazole rings is 1. The molecule has 106 valence electrons. The number of anilines is 1. The van der Waals surface area contributed by atoms with Crippen LogP contribution in [0.4, 0.5) is 5.82 Å². The number of nitrogens with zero attached hydrogens (tertiary/aromatic N) is 3. The highest BCUT2D eigenvalue weighted by Crippen LogP contribution is 2.39. The molecule has 3 N–H and O–H groups in total. The van der Waals surface area contributed by atoms with Gasteiger partial charge >= 0.3 is 0 Å². The van der Waals surface area contributed by atoms with Crippen LogP contribution in [0.15, 0.2) is 34.4 Å². The van der Waals surface area contributed by atoms with Gasteiger partial charge in [-0.3, -0.25) is 0 Å². The highest BCUT2D eigenvalue weighted by molar-refractivity contribution is 7.99. The van der Waals surface area contributed by atoms with Gasteiger partial charge in [0.05, 0.1) is 11.0 Å². The molecule has 2 heterocycles. The van der Waals surface area contributed by atoms with Crippen LogP contribution in [-0.4, -0.2) is 19.9 Å². The molecule has 3 aromatic rings. The topological polar surface area (TPSA) is 80.5 Å². The molecule has 6 heteroatoms. The van der Waals surface area contributed by atoms with E-state index in [1.54, 1.807) is 6.07 Å². The molecule has 2 aromatic heterocycles. The van der Waals surface area contributed by atoms with Gasteiger partial charge in [-0.05, 0) is 49.2 Å². The number of H-pyrrole nitrogens is 1. The molecule has 1 aliphatic rings. The number of aromatic nitrogens is 4. The minimum atomic E-state index is 0.492. The van der Waals surface area contributed by atoms with E-state index in [-0.39, 0.29) is 0 Å². The van der Waals surface area contributed by atoms with E-state index in [9.17, 15) is 0 Å². The average molecular weight is 297 g/mol. The third kappa shape index (κ3) is 2.58. The van der Waals surface area contributed by atoms with Crippen LogP contribution in [0, 0.1) is 6.92 Å². The Labute approximate surface area is 126 Å². The summed E-state index contributed by atoms with van der Waals surface area (Å²) in [6.07, 6.45) is 2.33. The first-order valence-electron chi connectivity index (χ1n) is 6.96. The second kappa shape index (κ2) is 4.73. The maximum Gasteiger partial charge on any atom is 0.172 e. The van der Waals surface area contributed by atoms with Crippen LogP contribution in [-0.2, 0) is 0 Å². The first kappa shape index (κ1) is 12.6. The Hall–Kier alpha value is -2.08. The van der Waals surface area contributed by atoms with Crippen molar-refractivity contribution >= 4 is 28.6 Å². The number of rotatable bonds is 3. The lowest BCUT2D eigenvalue weighted by Gasteiger charge is -2.02. The summed E-state index contributed by atoms with van der Waals surface area (Å²) >= 11 is 1.49. The Kier molecular flexibility index (Phi) is 2.85. The van der Waals surface area contributed by atoms with Gasteiger partial charge in [0.25, 0.3) is 0 Å². The molecule has 5 nitrogen and oxygen atoms in total. The molecule has 0 unspecified atom stereocenters. The van der Waals surface area contributed by atoms with Crippen molar-refractivity contribution in [2.75, 3.05) is 5.73 Å². The predicted molar refractivity (Wildman–Crippen MR) is 83.4 cm³/mol. The normalized spacial score (nSPS) is 14.7. The number of benzene rings is 1. The Balaban J connectivity index is 1.67. The van der Waals surface area contributed by atoms with Crippen molar-refractivity contribution < 1.29 is 0 Å². The van der Waals surface area contributed by atoms with Crippen LogP contribution < -0.4 is 5.73 Å². The summed E-state index contributed by atoms with van der Waals surface area (Å²) in [5, 5.41) is 1.68. The second-order valence-corrected chi connectivity index (χ2v) is 6.44. The van der Waals surface area contributed by atoms with Gasteiger partial charge in [0.15, 0.2) is 5.16 Å². The summed E-state index contributed by atoms with van der Waals surface area (Å²) in [6, 6.07) is 7.98. The van der Waals surface area contributed by atoms with Crippen LogP contribution in [0.25, 0.3) is 11.0 Å². The lowest BCUT2D eigenvalue weighted by atomic mass is 10.2. The van der Waals surface area contributed by atoms with Gasteiger partial charge in [-0.2, -0.15) is 0 Å². The van der Waals surface area contributed by atoms with E-state index < -0.39 is 0 Å². The van der Waals surface area contributed by atoms with Gasteiger partial charge in [0.1, 0.15) is 16.7 Å². The van der Waals surface area contributed by atoms with Crippen molar-refractivity contribution in [2.45, 2.75) is 35.9 Å². The summed E-state index contributed by atoms with van der Waals surface area (Å²) in [5.74, 6) is 1.89. The van der Waals surface area contributed by atoms with Crippen molar-refractivity contribution in [1.29, 1.82) is 0 Å². The Bertz CT molecular complexity index is 822. The number of nitrogens with two attached hydrogens (primary N) is 1. The molecule has 0 spiro atoms. The van der Waals surface area contributed by atoms with Crippen LogP contribution in [0.1, 0.15) is 30.1 Å². The Morgan fingerprint density at radius 3 is 2.86 bits per heavy atom. The lowest BCUT2D eigenvalue weighted by molar-refractivity contribution is 0.881. The average Bonchev–Trinajstić information content (AvgIpc) is 3.20. The molecule has 21 heavy (non-hydrogen) atoms. The molecule has 1 aliphatic carbocycles. The number of aryl methyl sites for hydroxylation is 1. The van der Waals surface area contributed by atoms with Crippen LogP contribution in [0.5, 0.6) is 0 Å². The molecular formula is C15H15N5S. The lowest BCUT2D eigenvalue weighted by Crippen LogP contribution is -1.99. The quantitative estimate of drug-likeness (QED) is 0.725. The van der Waals surface area contributed by atoms with Gasteiger partial charge in [-0.1, -0.05) is 6.07 Å². The van der Waals surface area contributed by atoms with E-state index >= 15 is 0 Å². The third-order valence-electron chi connectivity index (χ3n) is 3.50. The van der Waals surface area contributed by atoms with Crippen LogP contribution >= 0.6 is 11.8 Å². The molecule has 4 rings (SSSR count). The van der Waals surface area contributed by atoms with Crippen molar-refractivity contribution in [1.82, 2.24) is 19.9 Å².